The number of benzene rings is 1. The minimum Gasteiger partial charge on any atom is -0.497 e. The highest BCUT2D eigenvalue weighted by atomic mass is 16.5. The van der Waals surface area contributed by atoms with Gasteiger partial charge in [0.15, 0.2) is 0 Å². The van der Waals surface area contributed by atoms with Crippen LogP contribution >= 0.6 is 0 Å². The number of hydrogen-bond acceptors (Lipinski definition) is 3. The summed E-state index contributed by atoms with van der Waals surface area (Å²) in [5, 5.41) is 3.44. The second-order valence-corrected chi connectivity index (χ2v) is 5.38. The van der Waals surface area contributed by atoms with Crippen molar-refractivity contribution in [2.45, 2.75) is 31.3 Å². The number of ether oxygens (including phenoxy) is 1. The van der Waals surface area contributed by atoms with Crippen LogP contribution in [0.15, 0.2) is 18.2 Å². The molecule has 1 saturated heterocycles. The molecule has 2 aliphatic heterocycles. The smallest absolute Gasteiger partial charge is 0.119 e. The van der Waals surface area contributed by atoms with E-state index in [0.29, 0.717) is 12.1 Å². The van der Waals surface area contributed by atoms with Gasteiger partial charge in [0.1, 0.15) is 5.75 Å². The molecule has 3 heteroatoms. The van der Waals surface area contributed by atoms with Gasteiger partial charge in [0.25, 0.3) is 0 Å². The second-order valence-electron chi connectivity index (χ2n) is 5.38. The van der Waals surface area contributed by atoms with Crippen LogP contribution in [0.25, 0.3) is 0 Å². The highest BCUT2D eigenvalue weighted by molar-refractivity contribution is 5.39. The molecule has 1 fully saturated rings. The molecule has 1 aromatic rings. The molecule has 0 aromatic heterocycles. The molecule has 3 nitrogen and oxygen atoms in total. The van der Waals surface area contributed by atoms with Crippen LogP contribution in [0, 0.1) is 0 Å². The molecule has 2 atom stereocenters. The fourth-order valence-electron chi connectivity index (χ4n) is 3.38. The minimum atomic E-state index is 0.603. The van der Waals surface area contributed by atoms with E-state index in [9.17, 15) is 0 Å². The Balaban J connectivity index is 1.90. The molecule has 98 valence electrons. The van der Waals surface area contributed by atoms with Crippen molar-refractivity contribution < 1.29 is 4.74 Å². The number of nitrogens with zero attached hydrogens (tertiary/aromatic N) is 1. The minimum absolute atomic E-state index is 0.603. The fourth-order valence-corrected chi connectivity index (χ4v) is 3.38. The van der Waals surface area contributed by atoms with Gasteiger partial charge in [-0.2, -0.15) is 0 Å². The Morgan fingerprint density at radius 2 is 2.22 bits per heavy atom. The van der Waals surface area contributed by atoms with Gasteiger partial charge in [0.2, 0.25) is 0 Å². The van der Waals surface area contributed by atoms with Crippen molar-refractivity contribution in [3.8, 4) is 5.75 Å². The van der Waals surface area contributed by atoms with Crippen LogP contribution in [-0.4, -0.2) is 38.2 Å². The average Bonchev–Trinajstić information content (AvgIpc) is 2.45. The molecule has 3 rings (SSSR count). The zero-order valence-electron chi connectivity index (χ0n) is 11.3. The van der Waals surface area contributed by atoms with E-state index in [0.717, 1.165) is 12.2 Å². The van der Waals surface area contributed by atoms with Crippen LogP contribution in [0.5, 0.6) is 5.75 Å². The molecule has 0 aliphatic carbocycles. The Morgan fingerprint density at radius 3 is 3.00 bits per heavy atom. The van der Waals surface area contributed by atoms with Crippen LogP contribution < -0.4 is 10.1 Å². The Bertz CT molecular complexity index is 433. The number of nitrogens with one attached hydrogen (secondary N) is 1. The van der Waals surface area contributed by atoms with Gasteiger partial charge in [-0.05, 0) is 49.6 Å². The lowest BCUT2D eigenvalue weighted by Crippen LogP contribution is -2.46. The molecule has 1 N–H and O–H groups in total. The Labute approximate surface area is 109 Å². The predicted molar refractivity (Wildman–Crippen MR) is 73.1 cm³/mol. The number of hydrogen-bond donors (Lipinski definition) is 1. The highest BCUT2D eigenvalue weighted by Crippen LogP contribution is 2.37. The van der Waals surface area contributed by atoms with Crippen molar-refractivity contribution in [1.82, 2.24) is 10.2 Å². The third kappa shape index (κ3) is 2.02. The average molecular weight is 246 g/mol. The van der Waals surface area contributed by atoms with Gasteiger partial charge in [-0.25, -0.2) is 0 Å². The zero-order valence-corrected chi connectivity index (χ0v) is 11.3. The maximum Gasteiger partial charge on any atom is 0.119 e. The molecule has 18 heavy (non-hydrogen) atoms. The molecule has 0 spiro atoms. The quantitative estimate of drug-likeness (QED) is 0.863. The maximum absolute atomic E-state index is 5.33. The standard InChI is InChI=1S/C15H22N2O/c1-16-12-6-8-17-7-5-11-9-13(18-2)3-4-14(11)15(17)10-12/h3-4,9,12,15-16H,5-8,10H2,1-2H3/t12-,15+/m1/s1. The van der Waals surface area contributed by atoms with Crippen LogP contribution in [0.1, 0.15) is 30.0 Å². The first kappa shape index (κ1) is 12.0. The van der Waals surface area contributed by atoms with Crippen molar-refractivity contribution in [2.24, 2.45) is 0 Å². The van der Waals surface area contributed by atoms with Gasteiger partial charge < -0.3 is 10.1 Å². The Kier molecular flexibility index (Phi) is 3.27. The lowest BCUT2D eigenvalue weighted by molar-refractivity contribution is 0.118. The van der Waals surface area contributed by atoms with E-state index >= 15 is 0 Å². The van der Waals surface area contributed by atoms with Crippen LogP contribution in [0.3, 0.4) is 0 Å². The van der Waals surface area contributed by atoms with Gasteiger partial charge in [-0.3, -0.25) is 4.90 Å². The van der Waals surface area contributed by atoms with Crippen LogP contribution in [0.4, 0.5) is 0 Å². The zero-order chi connectivity index (χ0) is 12.5. The predicted octanol–water partition coefficient (Wildman–Crippen LogP) is 1.98. The lowest BCUT2D eigenvalue weighted by atomic mass is 9.85. The van der Waals surface area contributed by atoms with Crippen molar-refractivity contribution in [1.29, 1.82) is 0 Å². The molecule has 0 amide bonds. The molecule has 0 saturated carbocycles. The molecular weight excluding hydrogens is 224 g/mol. The Morgan fingerprint density at radius 1 is 1.33 bits per heavy atom. The summed E-state index contributed by atoms with van der Waals surface area (Å²) in [6.07, 6.45) is 3.67. The third-order valence-corrected chi connectivity index (χ3v) is 4.50. The van der Waals surface area contributed by atoms with E-state index in [1.165, 1.54) is 37.1 Å². The third-order valence-electron chi connectivity index (χ3n) is 4.50. The van der Waals surface area contributed by atoms with Crippen molar-refractivity contribution in [3.63, 3.8) is 0 Å². The van der Waals surface area contributed by atoms with E-state index in [4.69, 9.17) is 4.74 Å². The molecular formula is C15H22N2O. The number of fused-ring (bicyclic) bond motifs is 3. The summed E-state index contributed by atoms with van der Waals surface area (Å²) in [6.45, 7) is 2.42. The summed E-state index contributed by atoms with van der Waals surface area (Å²) in [7, 11) is 3.83. The Hall–Kier alpha value is -1.06. The lowest BCUT2D eigenvalue weighted by Gasteiger charge is -2.43. The van der Waals surface area contributed by atoms with E-state index in [1.54, 1.807) is 7.11 Å². The summed E-state index contributed by atoms with van der Waals surface area (Å²) in [6, 6.07) is 7.86. The van der Waals surface area contributed by atoms with Crippen molar-refractivity contribution in [3.05, 3.63) is 29.3 Å². The monoisotopic (exact) mass is 246 g/mol. The molecule has 2 aliphatic rings. The van der Waals surface area contributed by atoms with Crippen molar-refractivity contribution >= 4 is 0 Å². The first-order chi connectivity index (χ1) is 8.81. The van der Waals surface area contributed by atoms with Gasteiger partial charge in [-0.1, -0.05) is 6.07 Å². The molecule has 0 bridgehead atoms. The second kappa shape index (κ2) is 4.90. The van der Waals surface area contributed by atoms with Crippen molar-refractivity contribution in [2.75, 3.05) is 27.2 Å². The first-order valence-corrected chi connectivity index (χ1v) is 6.90. The molecule has 0 unspecified atom stereocenters. The number of methoxy groups -OCH3 is 1. The summed E-state index contributed by atoms with van der Waals surface area (Å²) in [5.41, 5.74) is 2.99. The van der Waals surface area contributed by atoms with Gasteiger partial charge in [0.05, 0.1) is 7.11 Å². The first-order valence-electron chi connectivity index (χ1n) is 6.90. The van der Waals surface area contributed by atoms with Crippen LogP contribution in [0.2, 0.25) is 0 Å². The van der Waals surface area contributed by atoms with E-state index in [2.05, 4.69) is 35.5 Å². The van der Waals surface area contributed by atoms with Crippen LogP contribution in [-0.2, 0) is 6.42 Å². The fraction of sp³-hybridized carbons (Fsp3) is 0.600. The maximum atomic E-state index is 5.33. The van der Waals surface area contributed by atoms with Gasteiger partial charge in [0, 0.05) is 25.2 Å². The SMILES string of the molecule is CN[C@@H]1CCN2CCc3cc(OC)ccc3[C@@H]2C1. The molecule has 1 aromatic carbocycles. The molecule has 2 heterocycles. The normalized spacial score (nSPS) is 27.4. The summed E-state index contributed by atoms with van der Waals surface area (Å²) in [4.78, 5) is 2.64. The van der Waals surface area contributed by atoms with E-state index < -0.39 is 0 Å². The van der Waals surface area contributed by atoms with E-state index in [-0.39, 0.29) is 0 Å². The summed E-state index contributed by atoms with van der Waals surface area (Å²) in [5.74, 6) is 0.989. The van der Waals surface area contributed by atoms with Gasteiger partial charge >= 0.3 is 0 Å². The molecule has 0 radical (unpaired) electrons. The summed E-state index contributed by atoms with van der Waals surface area (Å²) < 4.78 is 5.33. The summed E-state index contributed by atoms with van der Waals surface area (Å²) >= 11 is 0. The number of rotatable bonds is 2. The topological polar surface area (TPSA) is 24.5 Å². The highest BCUT2D eigenvalue weighted by Gasteiger charge is 2.32. The largest absolute Gasteiger partial charge is 0.497 e. The van der Waals surface area contributed by atoms with E-state index in [1.807, 2.05) is 0 Å². The van der Waals surface area contributed by atoms with Gasteiger partial charge in [-0.15, -0.1) is 0 Å². The number of piperidine rings is 1.